The van der Waals surface area contributed by atoms with Gasteiger partial charge in [-0.05, 0) is 37.6 Å². The molecule has 0 spiro atoms. The summed E-state index contributed by atoms with van der Waals surface area (Å²) in [5, 5.41) is 8.82. The first-order chi connectivity index (χ1) is 8.52. The van der Waals surface area contributed by atoms with Gasteiger partial charge < -0.3 is 14.9 Å². The quantitative estimate of drug-likeness (QED) is 0.897. The molecule has 2 rings (SSSR count). The van der Waals surface area contributed by atoms with Crippen LogP contribution in [0.2, 0.25) is 0 Å². The van der Waals surface area contributed by atoms with Gasteiger partial charge in [0.15, 0.2) is 0 Å². The molecule has 1 amide bonds. The standard InChI is InChI=1S/C13H17FN2O2/c1-3-16(11-7-15(8-11)13(17)18)12-5-4-10(14)6-9(12)2/h4-6,11H,3,7-8H2,1-2H3,(H,17,18). The van der Waals surface area contributed by atoms with Crippen molar-refractivity contribution in [2.45, 2.75) is 19.9 Å². The molecular formula is C13H17FN2O2. The summed E-state index contributed by atoms with van der Waals surface area (Å²) in [6.07, 6.45) is -0.877. The van der Waals surface area contributed by atoms with Crippen LogP contribution in [0.4, 0.5) is 14.9 Å². The number of nitrogens with zero attached hydrogens (tertiary/aromatic N) is 2. The lowest BCUT2D eigenvalue weighted by atomic mass is 10.0. The van der Waals surface area contributed by atoms with Gasteiger partial charge >= 0.3 is 6.09 Å². The number of hydrogen-bond donors (Lipinski definition) is 1. The van der Waals surface area contributed by atoms with Gasteiger partial charge in [0.25, 0.3) is 0 Å². The van der Waals surface area contributed by atoms with E-state index >= 15 is 0 Å². The average molecular weight is 252 g/mol. The average Bonchev–Trinajstić information content (AvgIpc) is 2.23. The third-order valence-electron chi connectivity index (χ3n) is 3.38. The summed E-state index contributed by atoms with van der Waals surface area (Å²) < 4.78 is 13.1. The molecular weight excluding hydrogens is 235 g/mol. The van der Waals surface area contributed by atoms with Gasteiger partial charge in [-0.25, -0.2) is 9.18 Å². The van der Waals surface area contributed by atoms with Crippen molar-refractivity contribution in [2.75, 3.05) is 24.5 Å². The summed E-state index contributed by atoms with van der Waals surface area (Å²) in [5.41, 5.74) is 1.86. The van der Waals surface area contributed by atoms with Gasteiger partial charge in [0.05, 0.1) is 6.04 Å². The highest BCUT2D eigenvalue weighted by molar-refractivity contribution is 5.67. The summed E-state index contributed by atoms with van der Waals surface area (Å²) in [6.45, 7) is 5.70. The number of likely N-dealkylation sites (N-methyl/N-ethyl adjacent to an activating group) is 1. The molecule has 1 N–H and O–H groups in total. The Labute approximate surface area is 106 Å². The fraction of sp³-hybridized carbons (Fsp3) is 0.462. The van der Waals surface area contributed by atoms with Gasteiger partial charge in [-0.2, -0.15) is 0 Å². The number of likely N-dealkylation sites (tertiary alicyclic amines) is 1. The largest absolute Gasteiger partial charge is 0.465 e. The van der Waals surface area contributed by atoms with Crippen LogP contribution in [0, 0.1) is 12.7 Å². The predicted molar refractivity (Wildman–Crippen MR) is 67.5 cm³/mol. The lowest BCUT2D eigenvalue weighted by Crippen LogP contribution is -2.61. The zero-order valence-electron chi connectivity index (χ0n) is 10.6. The fourth-order valence-electron chi connectivity index (χ4n) is 2.37. The molecule has 0 saturated carbocycles. The van der Waals surface area contributed by atoms with E-state index in [1.54, 1.807) is 6.07 Å². The molecule has 0 unspecified atom stereocenters. The molecule has 18 heavy (non-hydrogen) atoms. The Morgan fingerprint density at radius 2 is 2.22 bits per heavy atom. The van der Waals surface area contributed by atoms with Crippen LogP contribution in [0.15, 0.2) is 18.2 Å². The van der Waals surface area contributed by atoms with Crippen LogP contribution >= 0.6 is 0 Å². The number of rotatable bonds is 3. The van der Waals surface area contributed by atoms with Gasteiger partial charge in [-0.3, -0.25) is 0 Å². The van der Waals surface area contributed by atoms with Gasteiger partial charge in [0.1, 0.15) is 5.82 Å². The lowest BCUT2D eigenvalue weighted by molar-refractivity contribution is 0.104. The van der Waals surface area contributed by atoms with Crippen molar-refractivity contribution >= 4 is 11.8 Å². The molecule has 1 aliphatic heterocycles. The fourth-order valence-corrected chi connectivity index (χ4v) is 2.37. The van der Waals surface area contributed by atoms with Crippen LogP contribution in [0.25, 0.3) is 0 Å². The third kappa shape index (κ3) is 2.25. The second-order valence-electron chi connectivity index (χ2n) is 4.56. The predicted octanol–water partition coefficient (Wildman–Crippen LogP) is 2.32. The molecule has 5 heteroatoms. The topological polar surface area (TPSA) is 43.8 Å². The smallest absolute Gasteiger partial charge is 0.407 e. The molecule has 1 heterocycles. The maximum atomic E-state index is 13.1. The number of carbonyl (C=O) groups is 1. The molecule has 1 saturated heterocycles. The van der Waals surface area contributed by atoms with Gasteiger partial charge in [-0.15, -0.1) is 0 Å². The van der Waals surface area contributed by atoms with E-state index in [0.717, 1.165) is 17.8 Å². The summed E-state index contributed by atoms with van der Waals surface area (Å²) in [6, 6.07) is 4.90. The highest BCUT2D eigenvalue weighted by Crippen LogP contribution is 2.26. The number of carboxylic acid groups (broad SMARTS) is 1. The minimum atomic E-state index is -0.877. The molecule has 0 atom stereocenters. The first kappa shape index (κ1) is 12.7. The molecule has 4 nitrogen and oxygen atoms in total. The zero-order chi connectivity index (χ0) is 13.3. The Bertz CT molecular complexity index is 458. The molecule has 0 aromatic heterocycles. The number of anilines is 1. The number of benzene rings is 1. The van der Waals surface area contributed by atoms with Crippen molar-refractivity contribution < 1.29 is 14.3 Å². The van der Waals surface area contributed by atoms with E-state index in [-0.39, 0.29) is 11.9 Å². The molecule has 0 aliphatic carbocycles. The SMILES string of the molecule is CCN(c1ccc(F)cc1C)C1CN(C(=O)O)C1. The Balaban J connectivity index is 2.12. The zero-order valence-corrected chi connectivity index (χ0v) is 10.6. The van der Waals surface area contributed by atoms with Crippen molar-refractivity contribution in [3.63, 3.8) is 0 Å². The van der Waals surface area contributed by atoms with E-state index in [1.807, 2.05) is 13.8 Å². The van der Waals surface area contributed by atoms with Crippen LogP contribution in [-0.4, -0.2) is 41.8 Å². The van der Waals surface area contributed by atoms with Crippen LogP contribution in [0.3, 0.4) is 0 Å². The van der Waals surface area contributed by atoms with E-state index in [9.17, 15) is 9.18 Å². The van der Waals surface area contributed by atoms with E-state index in [4.69, 9.17) is 5.11 Å². The maximum Gasteiger partial charge on any atom is 0.407 e. The lowest BCUT2D eigenvalue weighted by Gasteiger charge is -2.45. The number of hydrogen-bond acceptors (Lipinski definition) is 2. The third-order valence-corrected chi connectivity index (χ3v) is 3.38. The van der Waals surface area contributed by atoms with Crippen LogP contribution in [0.1, 0.15) is 12.5 Å². The highest BCUT2D eigenvalue weighted by atomic mass is 19.1. The van der Waals surface area contributed by atoms with Crippen LogP contribution in [-0.2, 0) is 0 Å². The Kier molecular flexibility index (Phi) is 3.41. The second kappa shape index (κ2) is 4.84. The molecule has 0 bridgehead atoms. The Hall–Kier alpha value is -1.78. The Morgan fingerprint density at radius 3 is 2.72 bits per heavy atom. The molecule has 1 aromatic carbocycles. The van der Waals surface area contributed by atoms with E-state index in [0.29, 0.717) is 13.1 Å². The first-order valence-corrected chi connectivity index (χ1v) is 6.03. The second-order valence-corrected chi connectivity index (χ2v) is 4.56. The highest BCUT2D eigenvalue weighted by Gasteiger charge is 2.34. The van der Waals surface area contributed by atoms with Crippen LogP contribution in [0.5, 0.6) is 0 Å². The first-order valence-electron chi connectivity index (χ1n) is 6.03. The Morgan fingerprint density at radius 1 is 1.56 bits per heavy atom. The number of aryl methyl sites for hydroxylation is 1. The summed E-state index contributed by atoms with van der Waals surface area (Å²) >= 11 is 0. The van der Waals surface area contributed by atoms with Crippen molar-refractivity contribution in [3.8, 4) is 0 Å². The summed E-state index contributed by atoms with van der Waals surface area (Å²) in [4.78, 5) is 14.3. The monoisotopic (exact) mass is 252 g/mol. The van der Waals surface area contributed by atoms with E-state index in [1.165, 1.54) is 17.0 Å². The maximum absolute atomic E-state index is 13.1. The van der Waals surface area contributed by atoms with Crippen molar-refractivity contribution in [1.82, 2.24) is 4.90 Å². The molecule has 1 aliphatic rings. The van der Waals surface area contributed by atoms with Gasteiger partial charge in [-0.1, -0.05) is 0 Å². The van der Waals surface area contributed by atoms with Gasteiger partial charge in [0, 0.05) is 25.3 Å². The normalized spacial score (nSPS) is 15.4. The minimum absolute atomic E-state index is 0.190. The minimum Gasteiger partial charge on any atom is -0.465 e. The molecule has 0 radical (unpaired) electrons. The molecule has 1 aromatic rings. The molecule has 1 fully saturated rings. The summed E-state index contributed by atoms with van der Waals surface area (Å²) in [7, 11) is 0. The number of halogens is 1. The van der Waals surface area contributed by atoms with Gasteiger partial charge in [0.2, 0.25) is 0 Å². The van der Waals surface area contributed by atoms with E-state index < -0.39 is 6.09 Å². The summed E-state index contributed by atoms with van der Waals surface area (Å²) in [5.74, 6) is -0.243. The van der Waals surface area contributed by atoms with Crippen LogP contribution < -0.4 is 4.90 Å². The van der Waals surface area contributed by atoms with Crippen molar-refractivity contribution in [1.29, 1.82) is 0 Å². The van der Waals surface area contributed by atoms with Crippen molar-refractivity contribution in [3.05, 3.63) is 29.6 Å². The van der Waals surface area contributed by atoms with E-state index in [2.05, 4.69) is 4.90 Å². The van der Waals surface area contributed by atoms with Crippen molar-refractivity contribution in [2.24, 2.45) is 0 Å². The molecule has 98 valence electrons. The number of amides is 1.